The van der Waals surface area contributed by atoms with Crippen LogP contribution in [-0.4, -0.2) is 11.8 Å². The highest BCUT2D eigenvalue weighted by Gasteiger charge is 2.20. The highest BCUT2D eigenvalue weighted by molar-refractivity contribution is 5.83. The van der Waals surface area contributed by atoms with E-state index in [-0.39, 0.29) is 6.04 Å². The van der Waals surface area contributed by atoms with Crippen molar-refractivity contribution in [1.82, 2.24) is 0 Å². The van der Waals surface area contributed by atoms with E-state index in [9.17, 15) is 4.79 Å². The van der Waals surface area contributed by atoms with Crippen molar-refractivity contribution in [2.24, 2.45) is 11.7 Å². The van der Waals surface area contributed by atoms with Gasteiger partial charge < -0.3 is 5.73 Å². The molecule has 0 radical (unpaired) electrons. The molecule has 1 unspecified atom stereocenters. The van der Waals surface area contributed by atoms with Crippen LogP contribution in [0.3, 0.4) is 0 Å². The fourth-order valence-corrected chi connectivity index (χ4v) is 2.41. The molecule has 2 N–H and O–H groups in total. The lowest BCUT2D eigenvalue weighted by atomic mass is 9.84. The summed E-state index contributed by atoms with van der Waals surface area (Å²) in [7, 11) is 0. The Morgan fingerprint density at radius 1 is 1.33 bits per heavy atom. The van der Waals surface area contributed by atoms with Gasteiger partial charge >= 0.3 is 0 Å². The third-order valence-corrected chi connectivity index (χ3v) is 3.50. The van der Waals surface area contributed by atoms with E-state index in [1.165, 1.54) is 32.1 Å². The maximum absolute atomic E-state index is 11.8. The first kappa shape index (κ1) is 12.7. The molecule has 1 saturated carbocycles. The lowest BCUT2D eigenvalue weighted by molar-refractivity contribution is -0.121. The number of carbonyl (C=O) groups excluding carboxylic acids is 1. The molecule has 0 amide bonds. The summed E-state index contributed by atoms with van der Waals surface area (Å²) >= 11 is 0. The molecule has 0 heterocycles. The zero-order valence-electron chi connectivity index (χ0n) is 10.0. The molecule has 1 fully saturated rings. The van der Waals surface area contributed by atoms with Gasteiger partial charge in [-0.3, -0.25) is 4.79 Å². The number of ketones is 1. The minimum absolute atomic E-state index is 0.188. The van der Waals surface area contributed by atoms with E-state index >= 15 is 0 Å². The second-order valence-corrected chi connectivity index (χ2v) is 4.92. The molecule has 1 aliphatic carbocycles. The Kier molecular flexibility index (Phi) is 5.92. The maximum Gasteiger partial charge on any atom is 0.149 e. The van der Waals surface area contributed by atoms with E-state index in [1.54, 1.807) is 0 Å². The number of hydrogen-bond donors (Lipinski definition) is 1. The molecular formula is C13H25NO. The summed E-state index contributed by atoms with van der Waals surface area (Å²) < 4.78 is 0. The van der Waals surface area contributed by atoms with Gasteiger partial charge in [0.1, 0.15) is 5.78 Å². The third kappa shape index (κ3) is 4.78. The number of Topliss-reactive ketones (excluding diaryl/α,β-unsaturated/α-hetero) is 1. The van der Waals surface area contributed by atoms with Crippen LogP contribution in [0.4, 0.5) is 0 Å². The second kappa shape index (κ2) is 7.00. The molecule has 0 aromatic rings. The minimum atomic E-state index is -0.188. The summed E-state index contributed by atoms with van der Waals surface area (Å²) in [5, 5.41) is 0. The number of unbranched alkanes of at least 4 members (excludes halogenated alkanes) is 1. The van der Waals surface area contributed by atoms with Crippen molar-refractivity contribution in [3.63, 3.8) is 0 Å². The molecule has 0 bridgehead atoms. The van der Waals surface area contributed by atoms with E-state index < -0.39 is 0 Å². The van der Waals surface area contributed by atoms with Crippen LogP contribution in [0.25, 0.3) is 0 Å². The molecule has 1 rings (SSSR count). The van der Waals surface area contributed by atoms with Gasteiger partial charge in [-0.05, 0) is 12.3 Å². The first-order chi connectivity index (χ1) is 7.24. The van der Waals surface area contributed by atoms with Gasteiger partial charge in [-0.2, -0.15) is 0 Å². The van der Waals surface area contributed by atoms with E-state index in [0.717, 1.165) is 25.7 Å². The fraction of sp³-hybridized carbons (Fsp3) is 0.923. The van der Waals surface area contributed by atoms with Crippen molar-refractivity contribution in [3.8, 4) is 0 Å². The summed E-state index contributed by atoms with van der Waals surface area (Å²) in [4.78, 5) is 11.8. The minimum Gasteiger partial charge on any atom is -0.322 e. The topological polar surface area (TPSA) is 43.1 Å². The molecule has 2 nitrogen and oxygen atoms in total. The summed E-state index contributed by atoms with van der Waals surface area (Å²) in [6.07, 6.45) is 10.3. The van der Waals surface area contributed by atoms with Gasteiger partial charge in [0.05, 0.1) is 6.04 Å². The van der Waals surface area contributed by atoms with E-state index in [2.05, 4.69) is 6.92 Å². The first-order valence-corrected chi connectivity index (χ1v) is 6.52. The van der Waals surface area contributed by atoms with Crippen molar-refractivity contribution in [1.29, 1.82) is 0 Å². The Bertz CT molecular complexity index is 185. The molecule has 0 aromatic heterocycles. The number of nitrogens with two attached hydrogens (primary N) is 1. The molecule has 88 valence electrons. The first-order valence-electron chi connectivity index (χ1n) is 6.52. The van der Waals surface area contributed by atoms with Crippen LogP contribution in [0.15, 0.2) is 0 Å². The Balaban J connectivity index is 2.20. The van der Waals surface area contributed by atoms with Gasteiger partial charge in [-0.15, -0.1) is 0 Å². The van der Waals surface area contributed by atoms with E-state index in [1.807, 2.05) is 0 Å². The van der Waals surface area contributed by atoms with Crippen LogP contribution in [-0.2, 0) is 4.79 Å². The van der Waals surface area contributed by atoms with Gasteiger partial charge in [-0.1, -0.05) is 51.9 Å². The summed E-state index contributed by atoms with van der Waals surface area (Å²) in [5.41, 5.74) is 5.87. The molecule has 0 saturated heterocycles. The predicted octanol–water partition coefficient (Wildman–Crippen LogP) is 3.04. The Labute approximate surface area is 93.6 Å². The quantitative estimate of drug-likeness (QED) is 0.733. The molecule has 0 spiro atoms. The highest BCUT2D eigenvalue weighted by atomic mass is 16.1. The molecular weight excluding hydrogens is 186 g/mol. The van der Waals surface area contributed by atoms with Crippen molar-refractivity contribution in [2.75, 3.05) is 0 Å². The molecule has 0 aromatic carbocycles. The van der Waals surface area contributed by atoms with Crippen LogP contribution < -0.4 is 5.73 Å². The third-order valence-electron chi connectivity index (χ3n) is 3.50. The summed E-state index contributed by atoms with van der Waals surface area (Å²) in [6, 6.07) is -0.188. The van der Waals surface area contributed by atoms with E-state index in [0.29, 0.717) is 11.7 Å². The van der Waals surface area contributed by atoms with Crippen molar-refractivity contribution in [3.05, 3.63) is 0 Å². The normalized spacial score (nSPS) is 20.1. The van der Waals surface area contributed by atoms with Gasteiger partial charge in [0, 0.05) is 6.42 Å². The van der Waals surface area contributed by atoms with E-state index in [4.69, 9.17) is 5.73 Å². The number of hydrogen-bond acceptors (Lipinski definition) is 2. The average Bonchev–Trinajstić information content (AvgIpc) is 2.27. The maximum atomic E-state index is 11.8. The van der Waals surface area contributed by atoms with Gasteiger partial charge in [0.2, 0.25) is 0 Å². The molecule has 15 heavy (non-hydrogen) atoms. The van der Waals surface area contributed by atoms with Gasteiger partial charge in [0.15, 0.2) is 0 Å². The molecule has 1 atom stereocenters. The number of rotatable bonds is 6. The summed E-state index contributed by atoms with van der Waals surface area (Å²) in [6.45, 7) is 2.14. The van der Waals surface area contributed by atoms with Crippen LogP contribution in [0.5, 0.6) is 0 Å². The largest absolute Gasteiger partial charge is 0.322 e. The highest BCUT2D eigenvalue weighted by Crippen LogP contribution is 2.26. The standard InChI is InChI=1S/C13H25NO/c1-2-3-9-12(14)13(15)10-11-7-5-4-6-8-11/h11-12H,2-10,14H2,1H3. The fourth-order valence-electron chi connectivity index (χ4n) is 2.41. The van der Waals surface area contributed by atoms with Gasteiger partial charge in [0.25, 0.3) is 0 Å². The Morgan fingerprint density at radius 2 is 2.00 bits per heavy atom. The zero-order chi connectivity index (χ0) is 11.1. The zero-order valence-corrected chi connectivity index (χ0v) is 10.0. The Morgan fingerprint density at radius 3 is 2.60 bits per heavy atom. The lowest BCUT2D eigenvalue weighted by Crippen LogP contribution is -2.32. The number of carbonyl (C=O) groups is 1. The van der Waals surface area contributed by atoms with Crippen LogP contribution in [0.1, 0.15) is 64.7 Å². The Hall–Kier alpha value is -0.370. The summed E-state index contributed by atoms with van der Waals surface area (Å²) in [5.74, 6) is 0.939. The van der Waals surface area contributed by atoms with Crippen molar-refractivity contribution >= 4 is 5.78 Å². The molecule has 1 aliphatic rings. The predicted molar refractivity (Wildman–Crippen MR) is 63.7 cm³/mol. The van der Waals surface area contributed by atoms with Crippen LogP contribution in [0.2, 0.25) is 0 Å². The monoisotopic (exact) mass is 211 g/mol. The van der Waals surface area contributed by atoms with Crippen molar-refractivity contribution < 1.29 is 4.79 Å². The SMILES string of the molecule is CCCCC(N)C(=O)CC1CCCCC1. The molecule has 2 heteroatoms. The van der Waals surface area contributed by atoms with Crippen LogP contribution in [0, 0.1) is 5.92 Å². The smallest absolute Gasteiger partial charge is 0.149 e. The van der Waals surface area contributed by atoms with Crippen molar-refractivity contribution in [2.45, 2.75) is 70.8 Å². The molecule has 0 aliphatic heterocycles. The lowest BCUT2D eigenvalue weighted by Gasteiger charge is -2.22. The second-order valence-electron chi connectivity index (χ2n) is 4.92. The van der Waals surface area contributed by atoms with Crippen LogP contribution >= 0.6 is 0 Å². The average molecular weight is 211 g/mol. The van der Waals surface area contributed by atoms with Gasteiger partial charge in [-0.25, -0.2) is 0 Å².